The molecule has 1 aromatic carbocycles. The van der Waals surface area contributed by atoms with E-state index < -0.39 is 0 Å². The molecule has 0 aliphatic carbocycles. The molecule has 1 N–H and O–H groups in total. The number of hydrogen-bond acceptors (Lipinski definition) is 3. The molecule has 3 nitrogen and oxygen atoms in total. The third kappa shape index (κ3) is 2.68. The lowest BCUT2D eigenvalue weighted by Crippen LogP contribution is -2.46. The molecule has 1 atom stereocenters. The number of para-hydroxylation sites is 1. The van der Waals surface area contributed by atoms with Gasteiger partial charge in [0.2, 0.25) is 0 Å². The molecule has 1 aliphatic heterocycles. The van der Waals surface area contributed by atoms with Crippen LogP contribution in [0.3, 0.4) is 0 Å². The van der Waals surface area contributed by atoms with Crippen LogP contribution in [0.2, 0.25) is 0 Å². The van der Waals surface area contributed by atoms with Crippen molar-refractivity contribution in [1.82, 2.24) is 0 Å². The maximum Gasteiger partial charge on any atom is 0.0671 e. The number of morpholine rings is 1. The molecular formula is C15H23NO2. The number of aryl methyl sites for hydroxylation is 2. The first kappa shape index (κ1) is 13.4. The van der Waals surface area contributed by atoms with Gasteiger partial charge in [-0.2, -0.15) is 0 Å². The lowest BCUT2D eigenvalue weighted by atomic mass is 10.0. The van der Waals surface area contributed by atoms with E-state index in [0.29, 0.717) is 6.04 Å². The molecule has 0 saturated carbocycles. The molecule has 0 spiro atoms. The second-order valence-electron chi connectivity index (χ2n) is 4.87. The van der Waals surface area contributed by atoms with Crippen LogP contribution in [0.25, 0.3) is 0 Å². The Morgan fingerprint density at radius 2 is 2.28 bits per heavy atom. The van der Waals surface area contributed by atoms with Gasteiger partial charge >= 0.3 is 0 Å². The second-order valence-corrected chi connectivity index (χ2v) is 4.87. The van der Waals surface area contributed by atoms with Crippen molar-refractivity contribution in [3.8, 4) is 0 Å². The highest BCUT2D eigenvalue weighted by molar-refractivity contribution is 5.60. The number of rotatable bonds is 4. The van der Waals surface area contributed by atoms with Crippen molar-refractivity contribution < 1.29 is 9.84 Å². The fourth-order valence-electron chi connectivity index (χ4n) is 2.75. The lowest BCUT2D eigenvalue weighted by Gasteiger charge is -2.39. The van der Waals surface area contributed by atoms with Crippen LogP contribution in [0.5, 0.6) is 0 Å². The average Bonchev–Trinajstić information content (AvgIpc) is 2.40. The van der Waals surface area contributed by atoms with Crippen molar-refractivity contribution in [2.24, 2.45) is 0 Å². The Kier molecular flexibility index (Phi) is 4.61. The van der Waals surface area contributed by atoms with E-state index in [2.05, 4.69) is 36.9 Å². The molecule has 100 valence electrons. The normalized spacial score (nSPS) is 20.2. The van der Waals surface area contributed by atoms with Crippen molar-refractivity contribution in [2.45, 2.75) is 32.7 Å². The zero-order valence-corrected chi connectivity index (χ0v) is 11.4. The molecule has 1 heterocycles. The predicted molar refractivity (Wildman–Crippen MR) is 74.2 cm³/mol. The van der Waals surface area contributed by atoms with Gasteiger partial charge in [0.05, 0.1) is 19.3 Å². The molecule has 1 saturated heterocycles. The number of nitrogens with zero attached hydrogens (tertiary/aromatic N) is 1. The minimum absolute atomic E-state index is 0.220. The van der Waals surface area contributed by atoms with E-state index in [0.717, 1.165) is 32.6 Å². The van der Waals surface area contributed by atoms with E-state index in [1.165, 1.54) is 16.8 Å². The topological polar surface area (TPSA) is 32.7 Å². The molecule has 1 aromatic rings. The summed E-state index contributed by atoms with van der Waals surface area (Å²) in [5.74, 6) is 0. The Morgan fingerprint density at radius 1 is 1.44 bits per heavy atom. The van der Waals surface area contributed by atoms with Crippen molar-refractivity contribution >= 4 is 5.69 Å². The fourth-order valence-corrected chi connectivity index (χ4v) is 2.75. The molecule has 0 aromatic heterocycles. The Labute approximate surface area is 109 Å². The number of ether oxygens (including phenoxy) is 1. The highest BCUT2D eigenvalue weighted by Gasteiger charge is 2.25. The standard InChI is InChI=1S/C15H23NO2/c1-3-13-6-4-5-12(2)15(13)16-8-10-18-11-14(16)7-9-17/h4-6,14,17H,3,7-11H2,1-2H3. The summed E-state index contributed by atoms with van der Waals surface area (Å²) in [7, 11) is 0. The summed E-state index contributed by atoms with van der Waals surface area (Å²) >= 11 is 0. The van der Waals surface area contributed by atoms with E-state index in [-0.39, 0.29) is 6.61 Å². The summed E-state index contributed by atoms with van der Waals surface area (Å²) in [5.41, 5.74) is 4.06. The summed E-state index contributed by atoms with van der Waals surface area (Å²) in [6.45, 7) is 7.00. The third-order valence-corrected chi connectivity index (χ3v) is 3.68. The van der Waals surface area contributed by atoms with Gasteiger partial charge in [0, 0.05) is 18.8 Å². The monoisotopic (exact) mass is 249 g/mol. The molecule has 0 bridgehead atoms. The average molecular weight is 249 g/mol. The highest BCUT2D eigenvalue weighted by atomic mass is 16.5. The van der Waals surface area contributed by atoms with Crippen molar-refractivity contribution in [3.05, 3.63) is 29.3 Å². The van der Waals surface area contributed by atoms with Crippen LogP contribution in [-0.4, -0.2) is 37.5 Å². The summed E-state index contributed by atoms with van der Waals surface area (Å²) in [4.78, 5) is 2.42. The van der Waals surface area contributed by atoms with Crippen LogP contribution >= 0.6 is 0 Å². The SMILES string of the molecule is CCc1cccc(C)c1N1CCOCC1CCO. The Bertz CT molecular complexity index is 390. The van der Waals surface area contributed by atoms with Crippen molar-refractivity contribution in [1.29, 1.82) is 0 Å². The molecule has 0 radical (unpaired) electrons. The minimum Gasteiger partial charge on any atom is -0.396 e. The van der Waals surface area contributed by atoms with Crippen LogP contribution < -0.4 is 4.90 Å². The van der Waals surface area contributed by atoms with E-state index in [1.807, 2.05) is 0 Å². The largest absolute Gasteiger partial charge is 0.396 e. The zero-order valence-electron chi connectivity index (χ0n) is 11.4. The Hall–Kier alpha value is -1.06. The van der Waals surface area contributed by atoms with E-state index in [4.69, 9.17) is 4.74 Å². The molecule has 1 aliphatic rings. The molecule has 3 heteroatoms. The van der Waals surface area contributed by atoms with Crippen LogP contribution in [0.1, 0.15) is 24.5 Å². The van der Waals surface area contributed by atoms with E-state index in [9.17, 15) is 5.11 Å². The predicted octanol–water partition coefficient (Wildman–Crippen LogP) is 2.15. The highest BCUT2D eigenvalue weighted by Crippen LogP contribution is 2.29. The minimum atomic E-state index is 0.220. The maximum absolute atomic E-state index is 9.20. The van der Waals surface area contributed by atoms with Gasteiger partial charge < -0.3 is 14.7 Å². The summed E-state index contributed by atoms with van der Waals surface area (Å²) in [6.07, 6.45) is 1.82. The first-order chi connectivity index (χ1) is 8.77. The van der Waals surface area contributed by atoms with Gasteiger partial charge in [-0.15, -0.1) is 0 Å². The van der Waals surface area contributed by atoms with Crippen molar-refractivity contribution in [3.63, 3.8) is 0 Å². The third-order valence-electron chi connectivity index (χ3n) is 3.68. The van der Waals surface area contributed by atoms with Gasteiger partial charge in [-0.1, -0.05) is 25.1 Å². The van der Waals surface area contributed by atoms with Crippen LogP contribution in [0.4, 0.5) is 5.69 Å². The molecule has 1 unspecified atom stereocenters. The quantitative estimate of drug-likeness (QED) is 0.887. The molecular weight excluding hydrogens is 226 g/mol. The smallest absolute Gasteiger partial charge is 0.0671 e. The molecule has 18 heavy (non-hydrogen) atoms. The van der Waals surface area contributed by atoms with Gasteiger partial charge in [-0.05, 0) is 30.9 Å². The Balaban J connectivity index is 2.32. The Morgan fingerprint density at radius 3 is 3.00 bits per heavy atom. The molecule has 0 amide bonds. The van der Waals surface area contributed by atoms with Crippen LogP contribution in [0, 0.1) is 6.92 Å². The second kappa shape index (κ2) is 6.21. The van der Waals surface area contributed by atoms with Crippen LogP contribution in [-0.2, 0) is 11.2 Å². The van der Waals surface area contributed by atoms with Gasteiger partial charge in [0.15, 0.2) is 0 Å². The number of benzene rings is 1. The number of aliphatic hydroxyl groups is 1. The molecule has 1 fully saturated rings. The van der Waals surface area contributed by atoms with Gasteiger partial charge in [0.25, 0.3) is 0 Å². The van der Waals surface area contributed by atoms with Gasteiger partial charge in [0.1, 0.15) is 0 Å². The number of hydrogen-bond donors (Lipinski definition) is 1. The molecule has 2 rings (SSSR count). The van der Waals surface area contributed by atoms with E-state index >= 15 is 0 Å². The number of aliphatic hydroxyl groups excluding tert-OH is 1. The fraction of sp³-hybridized carbons (Fsp3) is 0.600. The van der Waals surface area contributed by atoms with E-state index in [1.54, 1.807) is 0 Å². The lowest BCUT2D eigenvalue weighted by molar-refractivity contribution is 0.0848. The zero-order chi connectivity index (χ0) is 13.0. The van der Waals surface area contributed by atoms with Crippen LogP contribution in [0.15, 0.2) is 18.2 Å². The van der Waals surface area contributed by atoms with Gasteiger partial charge in [-0.25, -0.2) is 0 Å². The van der Waals surface area contributed by atoms with Crippen molar-refractivity contribution in [2.75, 3.05) is 31.3 Å². The summed E-state index contributed by atoms with van der Waals surface area (Å²) in [5, 5.41) is 9.20. The summed E-state index contributed by atoms with van der Waals surface area (Å²) in [6, 6.07) is 6.79. The summed E-state index contributed by atoms with van der Waals surface area (Å²) < 4.78 is 5.55. The first-order valence-electron chi connectivity index (χ1n) is 6.81. The van der Waals surface area contributed by atoms with Gasteiger partial charge in [-0.3, -0.25) is 0 Å². The number of anilines is 1. The first-order valence-corrected chi connectivity index (χ1v) is 6.81. The maximum atomic E-state index is 9.20.